The normalized spacial score (nSPS) is 17.1. The summed E-state index contributed by atoms with van der Waals surface area (Å²) in [5.41, 5.74) is 3.88. The van der Waals surface area contributed by atoms with Gasteiger partial charge in [0.1, 0.15) is 5.65 Å². The quantitative estimate of drug-likeness (QED) is 0.620. The van der Waals surface area contributed by atoms with E-state index < -0.39 is 5.97 Å². The van der Waals surface area contributed by atoms with Gasteiger partial charge < -0.3 is 9.67 Å². The second-order valence-corrected chi connectivity index (χ2v) is 8.43. The zero-order valence-electron chi connectivity index (χ0n) is 16.1. The molecule has 1 fully saturated rings. The maximum Gasteiger partial charge on any atom is 0.335 e. The molecule has 0 aliphatic carbocycles. The zero-order valence-corrected chi connectivity index (χ0v) is 17.7. The lowest BCUT2D eigenvalue weighted by Gasteiger charge is -2.36. The number of nitrogens with zero attached hydrogens (tertiary/aromatic N) is 3. The van der Waals surface area contributed by atoms with E-state index in [-0.39, 0.29) is 0 Å². The van der Waals surface area contributed by atoms with Crippen LogP contribution in [-0.2, 0) is 7.05 Å². The topological polar surface area (TPSA) is 58.4 Å². The van der Waals surface area contributed by atoms with Gasteiger partial charge in [-0.2, -0.15) is 0 Å². The van der Waals surface area contributed by atoms with Crippen LogP contribution < -0.4 is 0 Å². The summed E-state index contributed by atoms with van der Waals surface area (Å²) in [5.74, 6) is -0.374. The number of aromatic carboxylic acids is 1. The molecule has 4 rings (SSSR count). The number of hydrogen-bond acceptors (Lipinski definition) is 3. The van der Waals surface area contributed by atoms with Crippen LogP contribution in [0.1, 0.15) is 53.3 Å². The Kier molecular flexibility index (Phi) is 5.25. The molecule has 0 radical (unpaired) electrons. The predicted molar refractivity (Wildman–Crippen MR) is 114 cm³/mol. The van der Waals surface area contributed by atoms with E-state index in [4.69, 9.17) is 5.11 Å². The molecule has 1 aliphatic rings. The number of halogens is 1. The number of carboxylic acid groups (broad SMARTS) is 1. The van der Waals surface area contributed by atoms with Crippen molar-refractivity contribution >= 4 is 32.9 Å². The highest BCUT2D eigenvalue weighted by Gasteiger charge is 2.26. The van der Waals surface area contributed by atoms with Crippen LogP contribution in [0.2, 0.25) is 0 Å². The monoisotopic (exact) mass is 441 g/mol. The smallest absolute Gasteiger partial charge is 0.335 e. The fourth-order valence-corrected chi connectivity index (χ4v) is 4.72. The maximum absolute atomic E-state index is 11.0. The third-order valence-electron chi connectivity index (χ3n) is 6.05. The summed E-state index contributed by atoms with van der Waals surface area (Å²) in [7, 11) is 2.09. The van der Waals surface area contributed by atoms with Gasteiger partial charge >= 0.3 is 5.97 Å². The van der Waals surface area contributed by atoms with Gasteiger partial charge in [0.15, 0.2) is 0 Å². The highest BCUT2D eigenvalue weighted by Crippen LogP contribution is 2.34. The molecule has 1 aromatic carbocycles. The van der Waals surface area contributed by atoms with Crippen molar-refractivity contribution in [3.63, 3.8) is 0 Å². The van der Waals surface area contributed by atoms with Crippen molar-refractivity contribution in [1.82, 2.24) is 14.5 Å². The van der Waals surface area contributed by atoms with Crippen molar-refractivity contribution in [2.24, 2.45) is 7.05 Å². The largest absolute Gasteiger partial charge is 0.478 e. The van der Waals surface area contributed by atoms with Gasteiger partial charge in [-0.05, 0) is 84.5 Å². The number of aromatic nitrogens is 2. The number of likely N-dealkylation sites (tertiary alicyclic amines) is 1. The lowest BCUT2D eigenvalue weighted by atomic mass is 9.88. The van der Waals surface area contributed by atoms with E-state index in [0.29, 0.717) is 17.5 Å². The Labute approximate surface area is 173 Å². The third kappa shape index (κ3) is 3.47. The molecule has 0 bridgehead atoms. The summed E-state index contributed by atoms with van der Waals surface area (Å²) in [6, 6.07) is 11.9. The molecule has 1 N–H and O–H groups in total. The van der Waals surface area contributed by atoms with Crippen molar-refractivity contribution in [2.75, 3.05) is 13.1 Å². The minimum Gasteiger partial charge on any atom is -0.478 e. The number of benzene rings is 1. The zero-order chi connectivity index (χ0) is 19.8. The molecule has 1 saturated heterocycles. The van der Waals surface area contributed by atoms with Crippen molar-refractivity contribution in [1.29, 1.82) is 0 Å². The van der Waals surface area contributed by atoms with Gasteiger partial charge in [0.25, 0.3) is 0 Å². The molecule has 1 atom stereocenters. The highest BCUT2D eigenvalue weighted by molar-refractivity contribution is 9.10. The predicted octanol–water partition coefficient (Wildman–Crippen LogP) is 4.97. The second-order valence-electron chi connectivity index (χ2n) is 7.57. The van der Waals surface area contributed by atoms with Gasteiger partial charge in [0, 0.05) is 34.8 Å². The number of fused-ring (bicyclic) bond motifs is 1. The number of rotatable bonds is 4. The van der Waals surface area contributed by atoms with Crippen LogP contribution in [0.25, 0.3) is 11.0 Å². The summed E-state index contributed by atoms with van der Waals surface area (Å²) in [6.07, 6.45) is 4.01. The molecular weight excluding hydrogens is 418 g/mol. The minimum atomic E-state index is -0.869. The molecule has 1 unspecified atom stereocenters. The Morgan fingerprint density at radius 3 is 2.50 bits per heavy atom. The number of pyridine rings is 1. The third-order valence-corrected chi connectivity index (χ3v) is 6.74. The Morgan fingerprint density at radius 2 is 1.89 bits per heavy atom. The van der Waals surface area contributed by atoms with Crippen LogP contribution in [0, 0.1) is 0 Å². The fraction of sp³-hybridized carbons (Fsp3) is 0.364. The van der Waals surface area contributed by atoms with E-state index in [0.717, 1.165) is 41.4 Å². The van der Waals surface area contributed by atoms with Gasteiger partial charge in [-0.15, -0.1) is 0 Å². The van der Waals surface area contributed by atoms with Crippen molar-refractivity contribution < 1.29 is 9.90 Å². The standard InChI is InChI=1S/C22H24BrN3O2/c1-14(20-13-18-19(23)7-10-24-21(18)25(20)2)26-11-8-16(9-12-26)15-3-5-17(6-4-15)22(27)28/h3-7,10,13-14,16H,8-9,11-12H2,1-2H3,(H,27,28). The summed E-state index contributed by atoms with van der Waals surface area (Å²) in [4.78, 5) is 18.1. The molecule has 3 aromatic rings. The fourth-order valence-electron chi connectivity index (χ4n) is 4.31. The number of piperidine rings is 1. The average molecular weight is 442 g/mol. The first kappa shape index (κ1) is 19.2. The SMILES string of the molecule is CC(c1cc2c(Br)ccnc2n1C)N1CCC(c2ccc(C(=O)O)cc2)CC1. The summed E-state index contributed by atoms with van der Waals surface area (Å²) in [6.45, 7) is 4.33. The number of aryl methyl sites for hydroxylation is 1. The van der Waals surface area contributed by atoms with E-state index >= 15 is 0 Å². The molecule has 5 nitrogen and oxygen atoms in total. The van der Waals surface area contributed by atoms with Crippen molar-refractivity contribution in [2.45, 2.75) is 31.7 Å². The summed E-state index contributed by atoms with van der Waals surface area (Å²) in [5, 5.41) is 10.2. The first-order chi connectivity index (χ1) is 13.5. The number of carboxylic acids is 1. The van der Waals surface area contributed by atoms with E-state index in [9.17, 15) is 4.79 Å². The molecular formula is C22H24BrN3O2. The van der Waals surface area contributed by atoms with Crippen LogP contribution in [0.15, 0.2) is 47.1 Å². The molecule has 28 heavy (non-hydrogen) atoms. The molecule has 0 saturated carbocycles. The second kappa shape index (κ2) is 7.68. The molecule has 146 valence electrons. The van der Waals surface area contributed by atoms with Crippen LogP contribution in [0.5, 0.6) is 0 Å². The summed E-state index contributed by atoms with van der Waals surface area (Å²) >= 11 is 3.63. The van der Waals surface area contributed by atoms with Gasteiger partial charge in [0.05, 0.1) is 5.56 Å². The highest BCUT2D eigenvalue weighted by atomic mass is 79.9. The molecule has 6 heteroatoms. The summed E-state index contributed by atoms with van der Waals surface area (Å²) < 4.78 is 3.27. The van der Waals surface area contributed by atoms with Crippen LogP contribution in [0.3, 0.4) is 0 Å². The Hall–Kier alpha value is -2.18. The van der Waals surface area contributed by atoms with Gasteiger partial charge in [-0.25, -0.2) is 9.78 Å². The molecule has 0 spiro atoms. The lowest BCUT2D eigenvalue weighted by Crippen LogP contribution is -2.35. The Morgan fingerprint density at radius 1 is 1.21 bits per heavy atom. The molecule has 3 heterocycles. The number of hydrogen-bond donors (Lipinski definition) is 1. The van der Waals surface area contributed by atoms with E-state index in [2.05, 4.69) is 50.4 Å². The van der Waals surface area contributed by atoms with Crippen molar-refractivity contribution in [3.8, 4) is 0 Å². The van der Waals surface area contributed by atoms with Gasteiger partial charge in [-0.1, -0.05) is 12.1 Å². The van der Waals surface area contributed by atoms with Crippen LogP contribution in [0.4, 0.5) is 0 Å². The van der Waals surface area contributed by atoms with Crippen LogP contribution >= 0.6 is 15.9 Å². The maximum atomic E-state index is 11.0. The molecule has 0 amide bonds. The van der Waals surface area contributed by atoms with Crippen LogP contribution in [-0.4, -0.2) is 38.6 Å². The Balaban J connectivity index is 1.47. The minimum absolute atomic E-state index is 0.321. The van der Waals surface area contributed by atoms with E-state index in [1.54, 1.807) is 12.1 Å². The Bertz CT molecular complexity index is 1000. The molecule has 2 aromatic heterocycles. The first-order valence-corrected chi connectivity index (χ1v) is 10.4. The van der Waals surface area contributed by atoms with Gasteiger partial charge in [0.2, 0.25) is 0 Å². The molecule has 1 aliphatic heterocycles. The lowest BCUT2D eigenvalue weighted by molar-refractivity contribution is 0.0697. The first-order valence-electron chi connectivity index (χ1n) is 9.63. The van der Waals surface area contributed by atoms with E-state index in [1.165, 1.54) is 11.3 Å². The van der Waals surface area contributed by atoms with Crippen molar-refractivity contribution in [3.05, 3.63) is 63.9 Å². The van der Waals surface area contributed by atoms with E-state index in [1.807, 2.05) is 24.4 Å². The average Bonchev–Trinajstić information content (AvgIpc) is 3.06. The van der Waals surface area contributed by atoms with Gasteiger partial charge in [-0.3, -0.25) is 4.90 Å². The number of carbonyl (C=O) groups is 1.